The van der Waals surface area contributed by atoms with Crippen molar-refractivity contribution in [3.8, 4) is 39.1 Å². The second-order valence-corrected chi connectivity index (χ2v) is 10.5. The molecule has 0 spiro atoms. The number of hydrogen-bond acceptors (Lipinski definition) is 1. The van der Waals surface area contributed by atoms with E-state index in [0.717, 1.165) is 79.8 Å². The van der Waals surface area contributed by atoms with Gasteiger partial charge in [-0.1, -0.05) is 56.2 Å². The van der Waals surface area contributed by atoms with Crippen molar-refractivity contribution >= 4 is 0 Å². The van der Waals surface area contributed by atoms with Crippen LogP contribution >= 0.6 is 0 Å². The Balaban J connectivity index is 1.34. The van der Waals surface area contributed by atoms with Gasteiger partial charge in [-0.25, -0.2) is 26.3 Å². The molecule has 0 fully saturated rings. The quantitative estimate of drug-likeness (QED) is 0.111. The average molecular weight is 627 g/mol. The number of benzene rings is 5. The van der Waals surface area contributed by atoms with Gasteiger partial charge in [-0.3, -0.25) is 0 Å². The highest BCUT2D eigenvalue weighted by atomic mass is 19.3. The van der Waals surface area contributed by atoms with E-state index in [1.54, 1.807) is 12.1 Å². The van der Waals surface area contributed by atoms with Crippen LogP contribution in [0.1, 0.15) is 37.3 Å². The van der Waals surface area contributed by atoms with Crippen LogP contribution in [0.2, 0.25) is 0 Å². The lowest BCUT2D eigenvalue weighted by Gasteiger charge is -2.20. The van der Waals surface area contributed by atoms with E-state index in [1.807, 2.05) is 0 Å². The molecule has 0 heterocycles. The fourth-order valence-electron chi connectivity index (χ4n) is 5.02. The molecule has 0 atom stereocenters. The minimum Gasteiger partial charge on any atom is -0.429 e. The number of halogens is 8. The van der Waals surface area contributed by atoms with Gasteiger partial charge in [0.05, 0.1) is 5.56 Å². The van der Waals surface area contributed by atoms with E-state index in [2.05, 4.69) is 11.7 Å². The van der Waals surface area contributed by atoms with Crippen LogP contribution in [-0.4, -0.2) is 0 Å². The van der Waals surface area contributed by atoms with Crippen LogP contribution in [-0.2, 0) is 12.5 Å². The zero-order chi connectivity index (χ0) is 32.3. The molecule has 0 radical (unpaired) electrons. The molecule has 0 amide bonds. The van der Waals surface area contributed by atoms with Crippen molar-refractivity contribution in [1.29, 1.82) is 0 Å². The molecule has 5 aromatic rings. The van der Waals surface area contributed by atoms with Crippen molar-refractivity contribution in [2.75, 3.05) is 0 Å². The lowest BCUT2D eigenvalue weighted by Crippen LogP contribution is -2.23. The number of unbranched alkanes of at least 4 members (excludes halogenated alkanes) is 2. The zero-order valence-corrected chi connectivity index (χ0v) is 23.9. The first-order chi connectivity index (χ1) is 21.5. The lowest BCUT2D eigenvalue weighted by molar-refractivity contribution is -0.187. The molecule has 9 heteroatoms. The van der Waals surface area contributed by atoms with Crippen LogP contribution in [0.3, 0.4) is 0 Å². The summed E-state index contributed by atoms with van der Waals surface area (Å²) >= 11 is 0. The molecule has 0 aromatic heterocycles. The van der Waals surface area contributed by atoms with Crippen LogP contribution in [0, 0.1) is 34.9 Å². The van der Waals surface area contributed by atoms with E-state index in [1.165, 1.54) is 18.2 Å². The smallest absolute Gasteiger partial charge is 0.429 e. The summed E-state index contributed by atoms with van der Waals surface area (Å²) in [5.74, 6) is -6.81. The molecule has 1 nitrogen and oxygen atoms in total. The van der Waals surface area contributed by atoms with E-state index in [4.69, 9.17) is 0 Å². The molecule has 0 aliphatic heterocycles. The average Bonchev–Trinajstić information content (AvgIpc) is 2.98. The summed E-state index contributed by atoms with van der Waals surface area (Å²) < 4.78 is 121. The number of ether oxygens (including phenoxy) is 1. The summed E-state index contributed by atoms with van der Waals surface area (Å²) in [7, 11) is 0. The van der Waals surface area contributed by atoms with Crippen LogP contribution in [0.4, 0.5) is 35.1 Å². The summed E-state index contributed by atoms with van der Waals surface area (Å²) in [4.78, 5) is 0. The molecule has 5 aromatic carbocycles. The molecule has 0 aliphatic rings. The fraction of sp³-hybridized carbons (Fsp3) is 0.167. The van der Waals surface area contributed by atoms with Crippen molar-refractivity contribution in [3.63, 3.8) is 0 Å². The number of rotatable bonds is 10. The first-order valence-electron chi connectivity index (χ1n) is 14.2. The SMILES string of the molecule is CCCCCc1ccc(-c2ccc(-c3ccc(C(F)(F)Oc4ccc(-c5ccc(F)c(F)c5)c(F)c4)c(F)c3)c(F)c2)c(F)c1. The highest BCUT2D eigenvalue weighted by molar-refractivity contribution is 5.72. The van der Waals surface area contributed by atoms with Crippen molar-refractivity contribution in [1.82, 2.24) is 0 Å². The molecule has 5 rings (SSSR count). The Hall–Kier alpha value is -4.66. The second-order valence-electron chi connectivity index (χ2n) is 10.5. The molecule has 0 N–H and O–H groups in total. The Kier molecular flexibility index (Phi) is 9.27. The maximum atomic E-state index is 15.1. The minimum atomic E-state index is -4.26. The van der Waals surface area contributed by atoms with Crippen LogP contribution in [0.25, 0.3) is 33.4 Å². The Labute approximate surface area is 254 Å². The van der Waals surface area contributed by atoms with Gasteiger partial charge in [0, 0.05) is 22.8 Å². The summed E-state index contributed by atoms with van der Waals surface area (Å²) in [6.07, 6.45) is -0.537. The molecule has 0 aliphatic carbocycles. The van der Waals surface area contributed by atoms with Crippen LogP contribution < -0.4 is 4.74 Å². The first kappa shape index (κ1) is 31.8. The van der Waals surface area contributed by atoms with E-state index < -0.39 is 52.3 Å². The fourth-order valence-corrected chi connectivity index (χ4v) is 5.02. The van der Waals surface area contributed by atoms with Crippen molar-refractivity contribution in [3.05, 3.63) is 137 Å². The molecule has 0 saturated carbocycles. The number of alkyl halides is 2. The monoisotopic (exact) mass is 626 g/mol. The summed E-state index contributed by atoms with van der Waals surface area (Å²) in [5, 5.41) is 0. The first-order valence-corrected chi connectivity index (χ1v) is 14.2. The molecule has 0 saturated heterocycles. The normalized spacial score (nSPS) is 11.6. The molecular formula is C36H26F8O. The molecular weight excluding hydrogens is 600 g/mol. The van der Waals surface area contributed by atoms with Gasteiger partial charge in [-0.2, -0.15) is 8.78 Å². The van der Waals surface area contributed by atoms with Crippen molar-refractivity contribution in [2.24, 2.45) is 0 Å². The Morgan fingerprint density at radius 2 is 1.04 bits per heavy atom. The van der Waals surface area contributed by atoms with Crippen molar-refractivity contribution in [2.45, 2.75) is 38.7 Å². The third-order valence-electron chi connectivity index (χ3n) is 7.39. The van der Waals surface area contributed by atoms with Gasteiger partial charge >= 0.3 is 6.11 Å². The third kappa shape index (κ3) is 7.03. The third-order valence-corrected chi connectivity index (χ3v) is 7.39. The Morgan fingerprint density at radius 1 is 0.511 bits per heavy atom. The van der Waals surface area contributed by atoms with Crippen molar-refractivity contribution < 1.29 is 39.9 Å². The largest absolute Gasteiger partial charge is 0.429 e. The number of aryl methyl sites for hydroxylation is 1. The summed E-state index contributed by atoms with van der Waals surface area (Å²) in [6.45, 7) is 2.07. The maximum absolute atomic E-state index is 15.1. The molecule has 0 unspecified atom stereocenters. The zero-order valence-electron chi connectivity index (χ0n) is 23.9. The molecule has 0 bridgehead atoms. The topological polar surface area (TPSA) is 9.23 Å². The van der Waals surface area contributed by atoms with E-state index in [9.17, 15) is 30.7 Å². The summed E-state index contributed by atoms with van der Waals surface area (Å²) in [6, 6.07) is 16.4. The number of hydrogen-bond donors (Lipinski definition) is 0. The predicted octanol–water partition coefficient (Wildman–Crippen LogP) is 11.4. The standard InChI is InChI=1S/C36H26F8O/c1-2-3-4-5-21-6-11-26(31(38)16-21)22-7-12-27(32(39)17-22)23-8-14-29(34(41)18-23)36(43,44)45-25-10-13-28(33(40)20-25)24-9-15-30(37)35(42)19-24/h6-20H,2-5H2,1H3. The summed E-state index contributed by atoms with van der Waals surface area (Å²) in [5.41, 5.74) is -0.287. The van der Waals surface area contributed by atoms with Gasteiger partial charge in [-0.15, -0.1) is 0 Å². The Bertz CT molecular complexity index is 1850. The van der Waals surface area contributed by atoms with Gasteiger partial charge in [0.25, 0.3) is 0 Å². The van der Waals surface area contributed by atoms with Crippen LogP contribution in [0.15, 0.2) is 91.0 Å². The highest BCUT2D eigenvalue weighted by Gasteiger charge is 2.38. The van der Waals surface area contributed by atoms with Crippen LogP contribution in [0.5, 0.6) is 5.75 Å². The second kappa shape index (κ2) is 13.1. The Morgan fingerprint density at radius 3 is 1.62 bits per heavy atom. The van der Waals surface area contributed by atoms with E-state index in [0.29, 0.717) is 12.1 Å². The minimum absolute atomic E-state index is 0.0348. The lowest BCUT2D eigenvalue weighted by atomic mass is 9.97. The van der Waals surface area contributed by atoms with Gasteiger partial charge in [0.15, 0.2) is 11.6 Å². The van der Waals surface area contributed by atoms with E-state index >= 15 is 4.39 Å². The van der Waals surface area contributed by atoms with Gasteiger partial charge < -0.3 is 4.74 Å². The highest BCUT2D eigenvalue weighted by Crippen LogP contribution is 2.37. The van der Waals surface area contributed by atoms with E-state index in [-0.39, 0.29) is 33.4 Å². The van der Waals surface area contributed by atoms with Gasteiger partial charge in [0.2, 0.25) is 0 Å². The maximum Gasteiger partial charge on any atom is 0.429 e. The van der Waals surface area contributed by atoms with Gasteiger partial charge in [0.1, 0.15) is 29.0 Å². The molecule has 45 heavy (non-hydrogen) atoms. The predicted molar refractivity (Wildman–Crippen MR) is 157 cm³/mol. The molecule has 232 valence electrons. The van der Waals surface area contributed by atoms with Gasteiger partial charge in [-0.05, 0) is 83.6 Å².